The van der Waals surface area contributed by atoms with E-state index >= 15 is 0 Å². The number of aryl methyl sites for hydroxylation is 1. The van der Waals surface area contributed by atoms with Gasteiger partial charge < -0.3 is 9.64 Å². The molecule has 0 unspecified atom stereocenters. The van der Waals surface area contributed by atoms with Crippen LogP contribution in [0.4, 0.5) is 17.1 Å². The van der Waals surface area contributed by atoms with Crippen LogP contribution in [-0.2, 0) is 16.6 Å². The molecule has 5 aromatic carbocycles. The first-order chi connectivity index (χ1) is 22.1. The molecule has 0 spiro atoms. The number of hydrogen-bond donors (Lipinski definition) is 1. The SMILES string of the molecule is CCOc1ccc(NS(=O)(=O)c2ccc3c(c2)C(=O)N(c2ccc(C)cc2)[C@@H](c2ccc(Cl)cc2Cl)N3Cc2ccccc2)cc1. The predicted octanol–water partition coefficient (Wildman–Crippen LogP) is 8.87. The summed E-state index contributed by atoms with van der Waals surface area (Å²) < 4.78 is 35.3. The van der Waals surface area contributed by atoms with E-state index in [0.29, 0.717) is 51.6 Å². The van der Waals surface area contributed by atoms with Crippen LogP contribution in [0.1, 0.15) is 40.1 Å². The highest BCUT2D eigenvalue weighted by atomic mass is 35.5. The lowest BCUT2D eigenvalue weighted by atomic mass is 9.98. The van der Waals surface area contributed by atoms with Crippen LogP contribution in [0.15, 0.2) is 120 Å². The van der Waals surface area contributed by atoms with E-state index in [0.717, 1.165) is 11.1 Å². The normalized spacial score (nSPS) is 14.6. The maximum absolute atomic E-state index is 14.6. The third-order valence-corrected chi connectivity index (χ3v) is 9.68. The Hall–Kier alpha value is -4.50. The molecule has 1 N–H and O–H groups in total. The van der Waals surface area contributed by atoms with Crippen molar-refractivity contribution < 1.29 is 17.9 Å². The first-order valence-electron chi connectivity index (χ1n) is 14.7. The van der Waals surface area contributed by atoms with Gasteiger partial charge in [0.2, 0.25) is 0 Å². The molecular weight excluding hydrogens is 641 g/mol. The number of nitrogens with one attached hydrogen (secondary N) is 1. The van der Waals surface area contributed by atoms with Crippen molar-refractivity contribution in [1.29, 1.82) is 0 Å². The fraction of sp³-hybridized carbons (Fsp3) is 0.139. The zero-order chi connectivity index (χ0) is 32.4. The molecule has 1 aliphatic rings. The lowest BCUT2D eigenvalue weighted by Crippen LogP contribution is -2.49. The van der Waals surface area contributed by atoms with Gasteiger partial charge in [-0.1, -0.05) is 77.3 Å². The molecule has 1 atom stereocenters. The number of sulfonamides is 1. The van der Waals surface area contributed by atoms with Gasteiger partial charge in [0.05, 0.1) is 22.8 Å². The van der Waals surface area contributed by atoms with Crippen molar-refractivity contribution in [1.82, 2.24) is 0 Å². The average molecular weight is 673 g/mol. The van der Waals surface area contributed by atoms with E-state index in [1.807, 2.05) is 74.5 Å². The van der Waals surface area contributed by atoms with E-state index in [1.54, 1.807) is 47.4 Å². The Morgan fingerprint density at radius 1 is 0.848 bits per heavy atom. The number of carbonyl (C=O) groups is 1. The largest absolute Gasteiger partial charge is 0.494 e. The van der Waals surface area contributed by atoms with Crippen molar-refractivity contribution in [3.63, 3.8) is 0 Å². The van der Waals surface area contributed by atoms with Gasteiger partial charge in [-0.2, -0.15) is 0 Å². The number of amides is 1. The molecule has 0 radical (unpaired) electrons. The number of nitrogens with zero attached hydrogens (tertiary/aromatic N) is 2. The van der Waals surface area contributed by atoms with E-state index in [-0.39, 0.29) is 16.4 Å². The standard InChI is InChI=1S/C36H31Cl2N3O4S/c1-3-45-29-16-12-27(13-17-29)39-46(43,44)30-18-20-34-32(22-30)36(42)41(28-14-9-24(2)10-15-28)35(31-19-11-26(37)21-33(31)38)40(34)23-25-7-5-4-6-8-25/h4-22,35,39H,3,23H2,1-2H3/t35-/m0/s1. The van der Waals surface area contributed by atoms with Gasteiger partial charge in [-0.3, -0.25) is 14.4 Å². The summed E-state index contributed by atoms with van der Waals surface area (Å²) in [6, 6.07) is 34.0. The van der Waals surface area contributed by atoms with Gasteiger partial charge in [0.15, 0.2) is 0 Å². The van der Waals surface area contributed by atoms with Crippen molar-refractivity contribution in [2.75, 3.05) is 21.1 Å². The molecule has 0 aromatic heterocycles. The third-order valence-electron chi connectivity index (χ3n) is 7.74. The smallest absolute Gasteiger partial charge is 0.262 e. The van der Waals surface area contributed by atoms with Gasteiger partial charge in [-0.15, -0.1) is 0 Å². The number of carbonyl (C=O) groups excluding carboxylic acids is 1. The number of rotatable bonds is 9. The Morgan fingerprint density at radius 2 is 1.57 bits per heavy atom. The summed E-state index contributed by atoms with van der Waals surface area (Å²) in [6.07, 6.45) is -0.669. The van der Waals surface area contributed by atoms with E-state index in [1.165, 1.54) is 12.1 Å². The topological polar surface area (TPSA) is 78.9 Å². The van der Waals surface area contributed by atoms with Crippen LogP contribution in [0, 0.1) is 6.92 Å². The Labute approximate surface area is 279 Å². The second-order valence-corrected chi connectivity index (χ2v) is 13.4. The van der Waals surface area contributed by atoms with E-state index in [2.05, 4.69) is 9.62 Å². The van der Waals surface area contributed by atoms with Crippen LogP contribution >= 0.6 is 23.2 Å². The maximum atomic E-state index is 14.6. The number of benzene rings is 5. The summed E-state index contributed by atoms with van der Waals surface area (Å²) in [5.41, 5.74) is 4.53. The van der Waals surface area contributed by atoms with Gasteiger partial charge in [0.25, 0.3) is 15.9 Å². The van der Waals surface area contributed by atoms with Gasteiger partial charge in [0, 0.05) is 33.5 Å². The van der Waals surface area contributed by atoms with E-state index in [9.17, 15) is 13.2 Å². The van der Waals surface area contributed by atoms with E-state index < -0.39 is 16.2 Å². The molecule has 1 aliphatic heterocycles. The van der Waals surface area contributed by atoms with Crippen molar-refractivity contribution >= 4 is 56.2 Å². The maximum Gasteiger partial charge on any atom is 0.262 e. The van der Waals surface area contributed by atoms with Gasteiger partial charge in [-0.25, -0.2) is 8.42 Å². The molecule has 0 aliphatic carbocycles. The average Bonchev–Trinajstić information content (AvgIpc) is 3.04. The summed E-state index contributed by atoms with van der Waals surface area (Å²) in [6.45, 7) is 4.76. The molecule has 46 heavy (non-hydrogen) atoms. The molecule has 0 saturated heterocycles. The van der Waals surface area contributed by atoms with Crippen molar-refractivity contribution in [3.05, 3.63) is 148 Å². The Morgan fingerprint density at radius 3 is 2.24 bits per heavy atom. The van der Waals surface area contributed by atoms with Crippen molar-refractivity contribution in [2.45, 2.75) is 31.5 Å². The summed E-state index contributed by atoms with van der Waals surface area (Å²) in [7, 11) is -4.05. The van der Waals surface area contributed by atoms with Gasteiger partial charge in [0.1, 0.15) is 11.9 Å². The lowest BCUT2D eigenvalue weighted by Gasteiger charge is -2.46. The van der Waals surface area contributed by atoms with E-state index in [4.69, 9.17) is 27.9 Å². The second-order valence-electron chi connectivity index (χ2n) is 10.9. The van der Waals surface area contributed by atoms with Crippen LogP contribution in [-0.4, -0.2) is 20.9 Å². The number of anilines is 3. The first-order valence-corrected chi connectivity index (χ1v) is 16.9. The summed E-state index contributed by atoms with van der Waals surface area (Å²) in [5.74, 6) is 0.271. The molecular formula is C36H31Cl2N3O4S. The number of fused-ring (bicyclic) bond motifs is 1. The molecule has 0 fully saturated rings. The van der Waals surface area contributed by atoms with Gasteiger partial charge >= 0.3 is 0 Å². The fourth-order valence-corrected chi connectivity index (χ4v) is 7.14. The van der Waals surface area contributed by atoms with Crippen LogP contribution < -0.4 is 19.3 Å². The summed E-state index contributed by atoms with van der Waals surface area (Å²) >= 11 is 13.1. The lowest BCUT2D eigenvalue weighted by molar-refractivity contribution is 0.0968. The van der Waals surface area contributed by atoms with Crippen molar-refractivity contribution in [2.24, 2.45) is 0 Å². The van der Waals surface area contributed by atoms with Crippen molar-refractivity contribution in [3.8, 4) is 5.75 Å². The number of halogens is 2. The van der Waals surface area contributed by atoms with Gasteiger partial charge in [-0.05, 0) is 86.1 Å². The Balaban J connectivity index is 1.50. The molecule has 0 bridgehead atoms. The quantitative estimate of drug-likeness (QED) is 0.169. The fourth-order valence-electron chi connectivity index (χ4n) is 5.55. The highest BCUT2D eigenvalue weighted by Gasteiger charge is 2.41. The minimum Gasteiger partial charge on any atom is -0.494 e. The minimum atomic E-state index is -4.05. The second kappa shape index (κ2) is 13.1. The molecule has 1 heterocycles. The van der Waals surface area contributed by atoms with Crippen LogP contribution in [0.3, 0.4) is 0 Å². The Bertz CT molecular complexity index is 1990. The molecule has 0 saturated carbocycles. The van der Waals surface area contributed by atoms with Crippen LogP contribution in [0.25, 0.3) is 0 Å². The van der Waals surface area contributed by atoms with Crippen LogP contribution in [0.5, 0.6) is 5.75 Å². The predicted molar refractivity (Wildman–Crippen MR) is 185 cm³/mol. The zero-order valence-electron chi connectivity index (χ0n) is 25.2. The zero-order valence-corrected chi connectivity index (χ0v) is 27.5. The number of ether oxygens (including phenoxy) is 1. The third kappa shape index (κ3) is 6.42. The molecule has 1 amide bonds. The number of hydrogen-bond acceptors (Lipinski definition) is 5. The highest BCUT2D eigenvalue weighted by molar-refractivity contribution is 7.92. The first kappa shape index (κ1) is 31.5. The monoisotopic (exact) mass is 671 g/mol. The minimum absolute atomic E-state index is 0.0417. The summed E-state index contributed by atoms with van der Waals surface area (Å²) in [4.78, 5) is 18.3. The molecule has 10 heteroatoms. The molecule has 6 rings (SSSR count). The summed E-state index contributed by atoms with van der Waals surface area (Å²) in [5, 5.41) is 0.880. The highest BCUT2D eigenvalue weighted by Crippen LogP contribution is 2.45. The molecule has 234 valence electrons. The van der Waals surface area contributed by atoms with Crippen LogP contribution in [0.2, 0.25) is 10.0 Å². The molecule has 5 aromatic rings. The molecule has 7 nitrogen and oxygen atoms in total. The Kier molecular flexibility index (Phi) is 8.95.